The van der Waals surface area contributed by atoms with Gasteiger partial charge < -0.3 is 10.1 Å². The summed E-state index contributed by atoms with van der Waals surface area (Å²) in [6.45, 7) is 6.18. The monoisotopic (exact) mass is 286 g/mol. The smallest absolute Gasteiger partial charge is 0.119 e. The van der Waals surface area contributed by atoms with E-state index in [1.807, 2.05) is 0 Å². The van der Waals surface area contributed by atoms with E-state index in [0.717, 1.165) is 29.7 Å². The third-order valence-electron chi connectivity index (χ3n) is 6.07. The van der Waals surface area contributed by atoms with E-state index < -0.39 is 0 Å². The molecule has 3 nitrogen and oxygen atoms in total. The molecule has 2 saturated heterocycles. The Morgan fingerprint density at radius 3 is 2.95 bits per heavy atom. The second-order valence-corrected chi connectivity index (χ2v) is 7.05. The summed E-state index contributed by atoms with van der Waals surface area (Å²) >= 11 is 0. The molecule has 0 amide bonds. The molecule has 0 saturated carbocycles. The van der Waals surface area contributed by atoms with Crippen LogP contribution in [0.4, 0.5) is 0 Å². The molecule has 1 aromatic carbocycles. The third-order valence-corrected chi connectivity index (χ3v) is 6.07. The van der Waals surface area contributed by atoms with Crippen LogP contribution < -0.4 is 10.1 Å². The number of hydrogen-bond acceptors (Lipinski definition) is 3. The third kappa shape index (κ3) is 2.27. The van der Waals surface area contributed by atoms with Crippen LogP contribution in [0.5, 0.6) is 5.75 Å². The molecule has 0 bridgehead atoms. The van der Waals surface area contributed by atoms with Gasteiger partial charge in [0.2, 0.25) is 0 Å². The van der Waals surface area contributed by atoms with Gasteiger partial charge in [-0.3, -0.25) is 4.90 Å². The number of rotatable bonds is 2. The number of aryl methyl sites for hydroxylation is 1. The maximum atomic E-state index is 5.40. The maximum Gasteiger partial charge on any atom is 0.119 e. The number of ether oxygens (including phenoxy) is 1. The molecule has 3 aliphatic rings. The summed E-state index contributed by atoms with van der Waals surface area (Å²) in [6.07, 6.45) is 3.74. The van der Waals surface area contributed by atoms with Crippen LogP contribution in [0.2, 0.25) is 0 Å². The summed E-state index contributed by atoms with van der Waals surface area (Å²) in [5, 5.41) is 3.57. The minimum Gasteiger partial charge on any atom is -0.497 e. The van der Waals surface area contributed by atoms with Crippen LogP contribution in [0, 0.1) is 11.8 Å². The van der Waals surface area contributed by atoms with Crippen LogP contribution >= 0.6 is 0 Å². The van der Waals surface area contributed by atoms with E-state index in [1.165, 1.54) is 50.0 Å². The molecule has 4 unspecified atom stereocenters. The Labute approximate surface area is 127 Å². The van der Waals surface area contributed by atoms with Crippen molar-refractivity contribution in [2.24, 2.45) is 11.8 Å². The molecule has 2 heterocycles. The first kappa shape index (κ1) is 13.6. The van der Waals surface area contributed by atoms with Crippen LogP contribution in [-0.2, 0) is 12.8 Å². The Morgan fingerprint density at radius 2 is 2.14 bits per heavy atom. The first-order chi connectivity index (χ1) is 10.3. The summed E-state index contributed by atoms with van der Waals surface area (Å²) in [5.41, 5.74) is 3.04. The van der Waals surface area contributed by atoms with Gasteiger partial charge in [0, 0.05) is 18.6 Å². The van der Waals surface area contributed by atoms with Crippen molar-refractivity contribution in [3.8, 4) is 5.75 Å². The van der Waals surface area contributed by atoms with Crippen LogP contribution in [0.1, 0.15) is 24.5 Å². The normalized spacial score (nSPS) is 35.5. The molecule has 1 N–H and O–H groups in total. The fourth-order valence-electron chi connectivity index (χ4n) is 4.81. The standard InChI is InChI=1S/C18H26N2O/c1-12-18-10-19-9-15(18)11-20(12)16-5-3-13-4-6-17(21-2)8-14(13)7-16/h4,6,8,12,15-16,18-19H,3,5,7,9-11H2,1-2H3. The summed E-state index contributed by atoms with van der Waals surface area (Å²) in [6, 6.07) is 8.08. The van der Waals surface area contributed by atoms with E-state index in [4.69, 9.17) is 4.74 Å². The van der Waals surface area contributed by atoms with Crippen molar-refractivity contribution in [1.29, 1.82) is 0 Å². The molecule has 0 spiro atoms. The Balaban J connectivity index is 1.53. The molecule has 21 heavy (non-hydrogen) atoms. The average Bonchev–Trinajstić information content (AvgIpc) is 3.09. The average molecular weight is 286 g/mol. The Kier molecular flexibility index (Phi) is 3.43. The molecule has 0 radical (unpaired) electrons. The molecular weight excluding hydrogens is 260 g/mol. The van der Waals surface area contributed by atoms with Gasteiger partial charge in [0.05, 0.1) is 7.11 Å². The van der Waals surface area contributed by atoms with Crippen molar-refractivity contribution < 1.29 is 4.74 Å². The molecule has 114 valence electrons. The molecule has 4 rings (SSSR count). The zero-order chi connectivity index (χ0) is 14.4. The predicted molar refractivity (Wildman–Crippen MR) is 84.8 cm³/mol. The first-order valence-electron chi connectivity index (χ1n) is 8.38. The van der Waals surface area contributed by atoms with Crippen LogP contribution in [-0.4, -0.2) is 43.7 Å². The van der Waals surface area contributed by atoms with Crippen molar-refractivity contribution in [3.05, 3.63) is 29.3 Å². The van der Waals surface area contributed by atoms with Gasteiger partial charge in [-0.05, 0) is 74.4 Å². The van der Waals surface area contributed by atoms with Crippen molar-refractivity contribution >= 4 is 0 Å². The van der Waals surface area contributed by atoms with E-state index in [1.54, 1.807) is 7.11 Å². The molecule has 1 aromatic rings. The highest BCUT2D eigenvalue weighted by Gasteiger charge is 2.44. The molecular formula is C18H26N2O. The Morgan fingerprint density at radius 1 is 1.24 bits per heavy atom. The quantitative estimate of drug-likeness (QED) is 0.901. The number of benzene rings is 1. The number of likely N-dealkylation sites (tertiary alicyclic amines) is 1. The van der Waals surface area contributed by atoms with Gasteiger partial charge in [-0.1, -0.05) is 6.07 Å². The fourth-order valence-corrected chi connectivity index (χ4v) is 4.81. The number of nitrogens with zero attached hydrogens (tertiary/aromatic N) is 1. The largest absolute Gasteiger partial charge is 0.497 e. The van der Waals surface area contributed by atoms with E-state index in [-0.39, 0.29) is 0 Å². The Hall–Kier alpha value is -1.06. The van der Waals surface area contributed by atoms with Gasteiger partial charge in [-0.2, -0.15) is 0 Å². The summed E-state index contributed by atoms with van der Waals surface area (Å²) in [7, 11) is 1.76. The highest BCUT2D eigenvalue weighted by atomic mass is 16.5. The van der Waals surface area contributed by atoms with Crippen LogP contribution in [0.15, 0.2) is 18.2 Å². The predicted octanol–water partition coefficient (Wildman–Crippen LogP) is 2.09. The highest BCUT2D eigenvalue weighted by Crippen LogP contribution is 2.37. The molecule has 3 heteroatoms. The van der Waals surface area contributed by atoms with E-state index in [9.17, 15) is 0 Å². The van der Waals surface area contributed by atoms with E-state index >= 15 is 0 Å². The van der Waals surface area contributed by atoms with Crippen molar-refractivity contribution in [2.75, 3.05) is 26.7 Å². The van der Waals surface area contributed by atoms with Gasteiger partial charge in [0.15, 0.2) is 0 Å². The lowest BCUT2D eigenvalue weighted by Crippen LogP contribution is -2.43. The Bertz CT molecular complexity index is 530. The van der Waals surface area contributed by atoms with Crippen LogP contribution in [0.25, 0.3) is 0 Å². The fraction of sp³-hybridized carbons (Fsp3) is 0.667. The van der Waals surface area contributed by atoms with E-state index in [2.05, 4.69) is 35.3 Å². The van der Waals surface area contributed by atoms with Gasteiger partial charge in [0.1, 0.15) is 5.75 Å². The highest BCUT2D eigenvalue weighted by molar-refractivity contribution is 5.38. The molecule has 2 aliphatic heterocycles. The van der Waals surface area contributed by atoms with Crippen molar-refractivity contribution in [3.63, 3.8) is 0 Å². The lowest BCUT2D eigenvalue weighted by atomic mass is 9.87. The lowest BCUT2D eigenvalue weighted by Gasteiger charge is -2.36. The van der Waals surface area contributed by atoms with Gasteiger partial charge in [-0.15, -0.1) is 0 Å². The second kappa shape index (κ2) is 5.29. The minimum atomic E-state index is 0.727. The molecule has 0 aromatic heterocycles. The van der Waals surface area contributed by atoms with E-state index in [0.29, 0.717) is 0 Å². The molecule has 2 fully saturated rings. The van der Waals surface area contributed by atoms with Crippen molar-refractivity contribution in [2.45, 2.75) is 38.3 Å². The number of hydrogen-bond donors (Lipinski definition) is 1. The summed E-state index contributed by atoms with van der Waals surface area (Å²) < 4.78 is 5.40. The zero-order valence-electron chi connectivity index (χ0n) is 13.1. The number of fused-ring (bicyclic) bond motifs is 2. The molecule has 1 aliphatic carbocycles. The topological polar surface area (TPSA) is 24.5 Å². The number of methoxy groups -OCH3 is 1. The number of nitrogens with one attached hydrogen (secondary N) is 1. The summed E-state index contributed by atoms with van der Waals surface area (Å²) in [5.74, 6) is 2.76. The van der Waals surface area contributed by atoms with Crippen LogP contribution in [0.3, 0.4) is 0 Å². The zero-order valence-corrected chi connectivity index (χ0v) is 13.1. The van der Waals surface area contributed by atoms with Crippen molar-refractivity contribution in [1.82, 2.24) is 10.2 Å². The van der Waals surface area contributed by atoms with Gasteiger partial charge >= 0.3 is 0 Å². The summed E-state index contributed by atoms with van der Waals surface area (Å²) in [4.78, 5) is 2.80. The minimum absolute atomic E-state index is 0.727. The first-order valence-corrected chi connectivity index (χ1v) is 8.38. The second-order valence-electron chi connectivity index (χ2n) is 7.05. The lowest BCUT2D eigenvalue weighted by molar-refractivity contribution is 0.155. The van der Waals surface area contributed by atoms with Gasteiger partial charge in [-0.25, -0.2) is 0 Å². The maximum absolute atomic E-state index is 5.40. The SMILES string of the molecule is COc1ccc2c(c1)CC(N1CC3CNCC3C1C)CC2. The van der Waals surface area contributed by atoms with Gasteiger partial charge in [0.25, 0.3) is 0 Å². The molecule has 4 atom stereocenters.